The number of aliphatic hydroxyl groups excluding tert-OH is 1. The summed E-state index contributed by atoms with van der Waals surface area (Å²) in [4.78, 5) is 61.6. The summed E-state index contributed by atoms with van der Waals surface area (Å²) < 4.78 is 13.6. The number of carbonyl (C=O) groups is 4. The smallest absolute Gasteiger partial charge is 0.405 e. The number of nitrogens with zero attached hydrogens (tertiary/aromatic N) is 3. The molecule has 3 aromatic carbocycles. The van der Waals surface area contributed by atoms with E-state index in [9.17, 15) is 33.8 Å². The summed E-state index contributed by atoms with van der Waals surface area (Å²) >= 11 is 0. The summed E-state index contributed by atoms with van der Waals surface area (Å²) in [5, 5.41) is 30.2. The van der Waals surface area contributed by atoms with Crippen molar-refractivity contribution >= 4 is 23.9 Å². The number of urea groups is 1. The first-order valence-corrected chi connectivity index (χ1v) is 20.0. The maximum absolute atomic E-state index is 14.5. The van der Waals surface area contributed by atoms with E-state index in [0.29, 0.717) is 13.1 Å². The van der Waals surface area contributed by atoms with Gasteiger partial charge < -0.3 is 36.0 Å². The van der Waals surface area contributed by atoms with Crippen molar-refractivity contribution in [3.8, 4) is 11.3 Å². The molecule has 0 radical (unpaired) electrons. The fourth-order valence-electron chi connectivity index (χ4n) is 7.58. The lowest BCUT2D eigenvalue weighted by Gasteiger charge is -2.38. The molecule has 12 nitrogen and oxygen atoms in total. The fraction of sp³-hybridized carbons (Fsp3) is 0.413. The van der Waals surface area contributed by atoms with Crippen molar-refractivity contribution in [2.75, 3.05) is 13.1 Å². The highest BCUT2D eigenvalue weighted by Crippen LogP contribution is 2.29. The molecule has 1 aliphatic rings. The van der Waals surface area contributed by atoms with E-state index in [0.717, 1.165) is 27.9 Å². The molecule has 5 N–H and O–H groups in total. The molecule has 5 atom stereocenters. The Morgan fingerprint density at radius 1 is 0.746 bits per heavy atom. The molecule has 4 aromatic rings. The Hall–Kier alpha value is -5.82. The second-order valence-electron chi connectivity index (χ2n) is 17.5. The van der Waals surface area contributed by atoms with E-state index in [1.807, 2.05) is 93.6 Å². The molecule has 314 valence electrons. The van der Waals surface area contributed by atoms with Crippen molar-refractivity contribution in [3.05, 3.63) is 126 Å². The van der Waals surface area contributed by atoms with Crippen LogP contribution in [0.5, 0.6) is 0 Å². The highest BCUT2D eigenvalue weighted by molar-refractivity contribution is 5.89. The zero-order chi connectivity index (χ0) is 42.9. The first-order valence-electron chi connectivity index (χ1n) is 20.0. The highest BCUT2D eigenvalue weighted by Gasteiger charge is 2.44. The largest absolute Gasteiger partial charge is 0.465 e. The van der Waals surface area contributed by atoms with E-state index in [1.165, 1.54) is 12.1 Å². The van der Waals surface area contributed by atoms with E-state index in [1.54, 1.807) is 48.9 Å². The molecule has 0 bridgehead atoms. The summed E-state index contributed by atoms with van der Waals surface area (Å²) in [5.41, 5.74) is 2.71. The van der Waals surface area contributed by atoms with Crippen molar-refractivity contribution in [1.29, 1.82) is 0 Å². The molecule has 5 rings (SSSR count). The van der Waals surface area contributed by atoms with Crippen molar-refractivity contribution in [1.82, 2.24) is 30.7 Å². The van der Waals surface area contributed by atoms with Gasteiger partial charge in [-0.1, -0.05) is 114 Å². The Morgan fingerprint density at radius 2 is 1.37 bits per heavy atom. The molecule has 0 spiro atoms. The first-order chi connectivity index (χ1) is 27.9. The number of nitrogens with one attached hydrogen (secondary N) is 3. The van der Waals surface area contributed by atoms with Crippen LogP contribution in [-0.2, 0) is 29.0 Å². The van der Waals surface area contributed by atoms with Crippen LogP contribution in [0.4, 0.5) is 14.0 Å². The molecular formula is C46H57FN6O6. The highest BCUT2D eigenvalue weighted by atomic mass is 19.1. The third-order valence-corrected chi connectivity index (χ3v) is 10.5. The van der Waals surface area contributed by atoms with Crippen molar-refractivity contribution in [2.45, 2.75) is 97.6 Å². The number of halogens is 1. The van der Waals surface area contributed by atoms with Crippen LogP contribution in [0.25, 0.3) is 11.3 Å². The molecule has 0 unspecified atom stereocenters. The molecule has 1 fully saturated rings. The maximum atomic E-state index is 14.5. The second kappa shape index (κ2) is 19.3. The van der Waals surface area contributed by atoms with Gasteiger partial charge >= 0.3 is 12.1 Å². The monoisotopic (exact) mass is 808 g/mol. The molecule has 0 aliphatic carbocycles. The van der Waals surface area contributed by atoms with Crippen LogP contribution in [0.2, 0.25) is 0 Å². The van der Waals surface area contributed by atoms with Gasteiger partial charge in [-0.2, -0.15) is 0 Å². The number of hydrogen-bond donors (Lipinski definition) is 5. The number of hydrogen-bond acceptors (Lipinski definition) is 6. The van der Waals surface area contributed by atoms with Gasteiger partial charge in [0.1, 0.15) is 17.9 Å². The second-order valence-corrected chi connectivity index (χ2v) is 17.5. The van der Waals surface area contributed by atoms with Crippen LogP contribution >= 0.6 is 0 Å². The minimum Gasteiger partial charge on any atom is -0.465 e. The zero-order valence-corrected chi connectivity index (χ0v) is 34.7. The van der Waals surface area contributed by atoms with Gasteiger partial charge in [0.25, 0.3) is 0 Å². The maximum Gasteiger partial charge on any atom is 0.405 e. The summed E-state index contributed by atoms with van der Waals surface area (Å²) in [6.07, 6.45) is -0.268. The van der Waals surface area contributed by atoms with E-state index in [-0.39, 0.29) is 37.7 Å². The van der Waals surface area contributed by atoms with Gasteiger partial charge in [-0.3, -0.25) is 14.6 Å². The van der Waals surface area contributed by atoms with Gasteiger partial charge in [-0.25, -0.2) is 14.0 Å². The predicted octanol–water partition coefficient (Wildman–Crippen LogP) is 6.43. The Kier molecular flexibility index (Phi) is 14.5. The standard InChI is InChI=1S/C46H57FN6O6/c1-45(2,3)39(51-43(57)58)41(55)49-35(26-31-15-19-33(20-16-31)36-14-10-11-23-48-36)28-38(54)37(27-30-12-8-7-9-13-30)50-42(56)40(46(4,5)6)53-25-24-52(44(53)59)29-32-17-21-34(47)22-18-32/h7-23,35,37-40,51,54H,24-29H2,1-6H3,(H,49,55)(H,50,56)(H,57,58)/t35-,37-,38-,39+,40+/m0/s1. The molecule has 2 heterocycles. The molecule has 59 heavy (non-hydrogen) atoms. The van der Waals surface area contributed by atoms with Gasteiger partial charge in [0.2, 0.25) is 11.8 Å². The van der Waals surface area contributed by atoms with Crippen molar-refractivity contribution < 1.29 is 33.8 Å². The van der Waals surface area contributed by atoms with E-state index in [2.05, 4.69) is 20.9 Å². The van der Waals surface area contributed by atoms with Crippen LogP contribution in [0.3, 0.4) is 0 Å². The lowest BCUT2D eigenvalue weighted by atomic mass is 9.84. The van der Waals surface area contributed by atoms with Gasteiger partial charge in [0.15, 0.2) is 0 Å². The number of aliphatic hydroxyl groups is 1. The van der Waals surface area contributed by atoms with Gasteiger partial charge in [-0.15, -0.1) is 0 Å². The fourth-order valence-corrected chi connectivity index (χ4v) is 7.58. The van der Waals surface area contributed by atoms with Crippen molar-refractivity contribution in [3.63, 3.8) is 0 Å². The molecule has 0 saturated carbocycles. The van der Waals surface area contributed by atoms with Crippen molar-refractivity contribution in [2.24, 2.45) is 10.8 Å². The van der Waals surface area contributed by atoms with Gasteiger partial charge in [0, 0.05) is 37.4 Å². The average molecular weight is 809 g/mol. The minimum absolute atomic E-state index is 0.00369. The number of rotatable bonds is 16. The summed E-state index contributed by atoms with van der Waals surface area (Å²) in [5.74, 6) is -1.34. The quantitative estimate of drug-likeness (QED) is 0.0872. The lowest BCUT2D eigenvalue weighted by molar-refractivity contribution is -0.131. The van der Waals surface area contributed by atoms with Crippen LogP contribution in [0.1, 0.15) is 64.7 Å². The van der Waals surface area contributed by atoms with E-state index in [4.69, 9.17) is 0 Å². The number of pyridine rings is 1. The Labute approximate surface area is 346 Å². The predicted molar refractivity (Wildman–Crippen MR) is 225 cm³/mol. The Bertz CT molecular complexity index is 2020. The first kappa shape index (κ1) is 44.3. The normalized spacial score (nSPS) is 15.8. The van der Waals surface area contributed by atoms with E-state index < -0.39 is 59.0 Å². The molecule has 1 aromatic heterocycles. The van der Waals surface area contributed by atoms with Crippen LogP contribution < -0.4 is 16.0 Å². The molecule has 1 aliphatic heterocycles. The van der Waals surface area contributed by atoms with Crippen LogP contribution in [0.15, 0.2) is 103 Å². The summed E-state index contributed by atoms with van der Waals surface area (Å²) in [7, 11) is 0. The third-order valence-electron chi connectivity index (χ3n) is 10.5. The molecule has 13 heteroatoms. The lowest BCUT2D eigenvalue weighted by Crippen LogP contribution is -2.59. The third kappa shape index (κ3) is 12.3. The minimum atomic E-state index is -1.34. The van der Waals surface area contributed by atoms with E-state index >= 15 is 0 Å². The number of amides is 5. The summed E-state index contributed by atoms with van der Waals surface area (Å²) in [6, 6.07) is 24.9. The van der Waals surface area contributed by atoms with Crippen LogP contribution in [-0.4, -0.2) is 92.3 Å². The molecular weight excluding hydrogens is 752 g/mol. The number of carbonyl (C=O) groups excluding carboxylic acids is 3. The Balaban J connectivity index is 1.41. The van der Waals surface area contributed by atoms with Gasteiger partial charge in [0.05, 0.1) is 17.8 Å². The number of benzene rings is 3. The number of carboxylic acid groups (broad SMARTS) is 1. The molecule has 5 amide bonds. The Morgan fingerprint density at radius 3 is 1.97 bits per heavy atom. The zero-order valence-electron chi connectivity index (χ0n) is 34.7. The molecule has 1 saturated heterocycles. The SMILES string of the molecule is CC(C)(C)[C@H](NC(=O)O)C(=O)N[C@@H](Cc1ccc(-c2ccccn2)cc1)C[C@H](O)[C@H](Cc1ccccc1)NC(=O)[C@@H](N1CCN(Cc2ccc(F)cc2)C1=O)C(C)(C)C. The van der Waals surface area contributed by atoms with Crippen LogP contribution in [0, 0.1) is 16.6 Å². The number of aromatic nitrogens is 1. The topological polar surface area (TPSA) is 164 Å². The average Bonchev–Trinajstić information content (AvgIpc) is 3.52. The summed E-state index contributed by atoms with van der Waals surface area (Å²) in [6.45, 7) is 11.9. The van der Waals surface area contributed by atoms with Gasteiger partial charge in [-0.05, 0) is 71.0 Å².